The Morgan fingerprint density at radius 2 is 1.70 bits per heavy atom. The fraction of sp³-hybridized carbons (Fsp3) is 0.333. The fourth-order valence-electron chi connectivity index (χ4n) is 3.66. The van der Waals surface area contributed by atoms with Gasteiger partial charge in [-0.25, -0.2) is 0 Å². The number of nitrogens with two attached hydrogens (primary N) is 1. The maximum absolute atomic E-state index is 6.84. The lowest BCUT2D eigenvalue weighted by atomic mass is 9.83. The van der Waals surface area contributed by atoms with Crippen LogP contribution in [0.5, 0.6) is 5.75 Å². The van der Waals surface area contributed by atoms with Crippen molar-refractivity contribution in [3.63, 3.8) is 0 Å². The van der Waals surface area contributed by atoms with Crippen molar-refractivity contribution in [2.75, 3.05) is 6.61 Å². The van der Waals surface area contributed by atoms with Crippen molar-refractivity contribution >= 4 is 0 Å². The molecule has 2 aromatic rings. The molecule has 0 aromatic heterocycles. The van der Waals surface area contributed by atoms with E-state index in [1.807, 2.05) is 0 Å². The molecule has 0 fully saturated rings. The van der Waals surface area contributed by atoms with Crippen molar-refractivity contribution in [2.45, 2.75) is 31.2 Å². The molecule has 4 rings (SSSR count). The Morgan fingerprint density at radius 1 is 0.900 bits per heavy atom. The van der Waals surface area contributed by atoms with E-state index in [2.05, 4.69) is 42.5 Å². The second-order valence-electron chi connectivity index (χ2n) is 5.87. The Bertz CT molecular complexity index is 664. The summed E-state index contributed by atoms with van der Waals surface area (Å²) < 4.78 is 5.97. The first-order chi connectivity index (χ1) is 9.79. The summed E-state index contributed by atoms with van der Waals surface area (Å²) in [6, 6.07) is 15.0. The van der Waals surface area contributed by atoms with E-state index in [4.69, 9.17) is 10.5 Å². The first kappa shape index (κ1) is 12.0. The number of fused-ring (bicyclic) bond motifs is 2. The molecule has 2 aliphatic rings. The molecule has 1 heterocycles. The minimum atomic E-state index is -0.390. The summed E-state index contributed by atoms with van der Waals surface area (Å²) in [4.78, 5) is 0. The number of para-hydroxylation sites is 1. The van der Waals surface area contributed by atoms with Gasteiger partial charge in [0.1, 0.15) is 5.75 Å². The summed E-state index contributed by atoms with van der Waals surface area (Å²) in [5.41, 5.74) is 11.6. The maximum Gasteiger partial charge on any atom is 0.127 e. The van der Waals surface area contributed by atoms with E-state index in [1.165, 1.54) is 22.3 Å². The molecule has 0 saturated heterocycles. The summed E-state index contributed by atoms with van der Waals surface area (Å²) in [7, 11) is 0. The monoisotopic (exact) mass is 265 g/mol. The van der Waals surface area contributed by atoms with Crippen LogP contribution in [0.1, 0.15) is 35.1 Å². The number of benzene rings is 2. The van der Waals surface area contributed by atoms with E-state index in [1.54, 1.807) is 0 Å². The molecule has 0 saturated carbocycles. The van der Waals surface area contributed by atoms with E-state index in [0.717, 1.165) is 38.0 Å². The largest absolute Gasteiger partial charge is 0.493 e. The fourth-order valence-corrected chi connectivity index (χ4v) is 3.66. The smallest absolute Gasteiger partial charge is 0.127 e. The molecule has 1 aliphatic carbocycles. The molecule has 0 spiro atoms. The highest BCUT2D eigenvalue weighted by atomic mass is 16.5. The predicted molar refractivity (Wildman–Crippen MR) is 80.0 cm³/mol. The summed E-state index contributed by atoms with van der Waals surface area (Å²) in [6.45, 7) is 0.807. The Kier molecular flexibility index (Phi) is 2.61. The van der Waals surface area contributed by atoms with Gasteiger partial charge in [0.2, 0.25) is 0 Å². The lowest BCUT2D eigenvalue weighted by molar-refractivity contribution is 0.279. The van der Waals surface area contributed by atoms with E-state index < -0.39 is 0 Å². The maximum atomic E-state index is 6.84. The summed E-state index contributed by atoms with van der Waals surface area (Å²) in [5, 5.41) is 0. The first-order valence-electron chi connectivity index (χ1n) is 7.41. The van der Waals surface area contributed by atoms with Crippen molar-refractivity contribution in [3.8, 4) is 5.75 Å². The highest BCUT2D eigenvalue weighted by molar-refractivity contribution is 5.54. The molecule has 1 unspecified atom stereocenters. The molecule has 2 aromatic carbocycles. The number of rotatable bonds is 1. The minimum absolute atomic E-state index is 0.390. The van der Waals surface area contributed by atoms with Crippen LogP contribution in [0.15, 0.2) is 42.5 Å². The highest BCUT2D eigenvalue weighted by Gasteiger charge is 2.39. The predicted octanol–water partition coefficient (Wildman–Crippen LogP) is 3.16. The van der Waals surface area contributed by atoms with Crippen LogP contribution in [0.25, 0.3) is 0 Å². The molecule has 20 heavy (non-hydrogen) atoms. The average molecular weight is 265 g/mol. The lowest BCUT2D eigenvalue weighted by Gasteiger charge is -2.31. The quantitative estimate of drug-likeness (QED) is 0.859. The van der Waals surface area contributed by atoms with Gasteiger partial charge in [0.05, 0.1) is 12.1 Å². The zero-order valence-corrected chi connectivity index (χ0v) is 11.6. The SMILES string of the molecule is NC1(c2cccc3c2OCCC3)CCc2ccccc21. The van der Waals surface area contributed by atoms with Gasteiger partial charge in [-0.05, 0) is 42.4 Å². The Morgan fingerprint density at radius 3 is 2.65 bits per heavy atom. The van der Waals surface area contributed by atoms with Gasteiger partial charge in [-0.1, -0.05) is 42.5 Å². The standard InChI is InChI=1S/C18H19NO/c19-18(11-10-13-5-1-2-8-15(13)18)16-9-3-6-14-7-4-12-20-17(14)16/h1-3,5-6,8-9H,4,7,10-12,19H2. The molecule has 2 nitrogen and oxygen atoms in total. The van der Waals surface area contributed by atoms with E-state index in [-0.39, 0.29) is 5.54 Å². The minimum Gasteiger partial charge on any atom is -0.493 e. The van der Waals surface area contributed by atoms with Crippen LogP contribution in [-0.4, -0.2) is 6.61 Å². The number of aryl methyl sites for hydroxylation is 2. The Balaban J connectivity index is 1.90. The number of hydrogen-bond donors (Lipinski definition) is 1. The molecule has 0 radical (unpaired) electrons. The molecule has 1 atom stereocenters. The van der Waals surface area contributed by atoms with Crippen LogP contribution >= 0.6 is 0 Å². The third kappa shape index (κ3) is 1.61. The van der Waals surface area contributed by atoms with Gasteiger partial charge < -0.3 is 10.5 Å². The molecule has 0 amide bonds. The van der Waals surface area contributed by atoms with Crippen molar-refractivity contribution in [1.82, 2.24) is 0 Å². The van der Waals surface area contributed by atoms with Crippen molar-refractivity contribution < 1.29 is 4.74 Å². The van der Waals surface area contributed by atoms with Crippen LogP contribution in [0.2, 0.25) is 0 Å². The summed E-state index contributed by atoms with van der Waals surface area (Å²) in [5.74, 6) is 1.04. The molecule has 2 heteroatoms. The second kappa shape index (κ2) is 4.35. The molecule has 1 aliphatic heterocycles. The third-order valence-corrected chi connectivity index (χ3v) is 4.70. The van der Waals surface area contributed by atoms with Crippen molar-refractivity contribution in [3.05, 3.63) is 64.7 Å². The van der Waals surface area contributed by atoms with Crippen molar-refractivity contribution in [2.24, 2.45) is 5.73 Å². The zero-order chi connectivity index (χ0) is 13.6. The van der Waals surface area contributed by atoms with E-state index in [0.29, 0.717) is 0 Å². The van der Waals surface area contributed by atoms with Crippen LogP contribution in [0.3, 0.4) is 0 Å². The Hall–Kier alpha value is -1.80. The third-order valence-electron chi connectivity index (χ3n) is 4.70. The highest BCUT2D eigenvalue weighted by Crippen LogP contribution is 2.45. The molecule has 2 N–H and O–H groups in total. The van der Waals surface area contributed by atoms with Crippen LogP contribution in [0.4, 0.5) is 0 Å². The summed E-state index contributed by atoms with van der Waals surface area (Å²) in [6.07, 6.45) is 4.22. The van der Waals surface area contributed by atoms with Gasteiger partial charge in [0.25, 0.3) is 0 Å². The van der Waals surface area contributed by atoms with Gasteiger partial charge in [-0.15, -0.1) is 0 Å². The van der Waals surface area contributed by atoms with Crippen LogP contribution in [-0.2, 0) is 18.4 Å². The van der Waals surface area contributed by atoms with E-state index >= 15 is 0 Å². The van der Waals surface area contributed by atoms with Gasteiger partial charge >= 0.3 is 0 Å². The van der Waals surface area contributed by atoms with Gasteiger partial charge in [0.15, 0.2) is 0 Å². The number of ether oxygens (including phenoxy) is 1. The van der Waals surface area contributed by atoms with Gasteiger partial charge in [-0.2, -0.15) is 0 Å². The second-order valence-corrected chi connectivity index (χ2v) is 5.87. The topological polar surface area (TPSA) is 35.2 Å². The normalized spacial score (nSPS) is 23.9. The zero-order valence-electron chi connectivity index (χ0n) is 11.6. The van der Waals surface area contributed by atoms with Crippen LogP contribution < -0.4 is 10.5 Å². The number of hydrogen-bond acceptors (Lipinski definition) is 2. The van der Waals surface area contributed by atoms with Crippen molar-refractivity contribution in [1.29, 1.82) is 0 Å². The molecular formula is C18H19NO. The van der Waals surface area contributed by atoms with Crippen LogP contribution in [0, 0.1) is 0 Å². The first-order valence-corrected chi connectivity index (χ1v) is 7.41. The Labute approximate surface area is 119 Å². The van der Waals surface area contributed by atoms with E-state index in [9.17, 15) is 0 Å². The molecular weight excluding hydrogens is 246 g/mol. The average Bonchev–Trinajstić information content (AvgIpc) is 2.86. The molecule has 102 valence electrons. The summed E-state index contributed by atoms with van der Waals surface area (Å²) >= 11 is 0. The lowest BCUT2D eigenvalue weighted by Crippen LogP contribution is -2.36. The van der Waals surface area contributed by atoms with Gasteiger partial charge in [0, 0.05) is 5.56 Å². The molecule has 0 bridgehead atoms. The van der Waals surface area contributed by atoms with Gasteiger partial charge in [-0.3, -0.25) is 0 Å².